The minimum Gasteiger partial charge on any atom is -0.494 e. The van der Waals surface area contributed by atoms with Crippen LogP contribution >= 0.6 is 11.3 Å². The number of carbonyl (C=O) groups excluding carboxylic acids is 1. The van der Waals surface area contributed by atoms with Crippen molar-refractivity contribution in [3.63, 3.8) is 0 Å². The summed E-state index contributed by atoms with van der Waals surface area (Å²) >= 11 is 1.28. The Morgan fingerprint density at radius 1 is 1.19 bits per heavy atom. The number of thiazole rings is 1. The standard InChI is InChI=1S/C20H24N4O5S2/c1-4-24(5-2)31(27,28)15-8-10-19(26)23(12-15)13-18(25)22-20-21-16-9-7-14(29-6-3)11-17(16)30-20/h7-12H,4-6,13H2,1-3H3,(H,21,22,25). The average Bonchev–Trinajstić information content (AvgIpc) is 3.11. The Labute approximate surface area is 184 Å². The molecule has 2 aromatic heterocycles. The maximum atomic E-state index is 12.7. The number of rotatable bonds is 9. The molecule has 0 aliphatic carbocycles. The molecule has 3 aromatic rings. The summed E-state index contributed by atoms with van der Waals surface area (Å²) in [5.74, 6) is 0.234. The summed E-state index contributed by atoms with van der Waals surface area (Å²) < 4.78 is 34.1. The number of carbonyl (C=O) groups is 1. The van der Waals surface area contributed by atoms with E-state index in [0.29, 0.717) is 36.1 Å². The van der Waals surface area contributed by atoms with Gasteiger partial charge in [0.05, 0.1) is 21.7 Å². The molecule has 0 spiro atoms. The van der Waals surface area contributed by atoms with E-state index in [0.717, 1.165) is 15.3 Å². The van der Waals surface area contributed by atoms with E-state index in [1.165, 1.54) is 27.9 Å². The third-order valence-electron chi connectivity index (χ3n) is 4.53. The molecule has 0 bridgehead atoms. The lowest BCUT2D eigenvalue weighted by molar-refractivity contribution is -0.116. The second-order valence-electron chi connectivity index (χ2n) is 6.55. The van der Waals surface area contributed by atoms with Gasteiger partial charge in [0.1, 0.15) is 12.3 Å². The molecule has 31 heavy (non-hydrogen) atoms. The zero-order valence-corrected chi connectivity index (χ0v) is 19.1. The molecule has 0 radical (unpaired) electrons. The van der Waals surface area contributed by atoms with E-state index in [-0.39, 0.29) is 11.4 Å². The van der Waals surface area contributed by atoms with Crippen molar-refractivity contribution in [3.8, 4) is 5.75 Å². The molecule has 0 fully saturated rings. The molecule has 0 saturated carbocycles. The number of hydrogen-bond donors (Lipinski definition) is 1. The Morgan fingerprint density at radius 3 is 2.61 bits per heavy atom. The number of nitrogens with zero attached hydrogens (tertiary/aromatic N) is 3. The van der Waals surface area contributed by atoms with E-state index in [4.69, 9.17) is 4.74 Å². The Hall–Kier alpha value is -2.76. The Kier molecular flexibility index (Phi) is 7.08. The van der Waals surface area contributed by atoms with Crippen molar-refractivity contribution in [2.24, 2.45) is 0 Å². The first-order valence-electron chi connectivity index (χ1n) is 9.82. The molecule has 1 aromatic carbocycles. The minimum atomic E-state index is -3.74. The molecule has 0 saturated heterocycles. The van der Waals surface area contributed by atoms with Crippen LogP contribution in [0.25, 0.3) is 10.2 Å². The maximum absolute atomic E-state index is 12.7. The Morgan fingerprint density at radius 2 is 1.94 bits per heavy atom. The number of nitrogens with one attached hydrogen (secondary N) is 1. The first kappa shape index (κ1) is 22.9. The SMILES string of the molecule is CCOc1ccc2nc(NC(=O)Cn3cc(S(=O)(=O)N(CC)CC)ccc3=O)sc2c1. The van der Waals surface area contributed by atoms with Gasteiger partial charge in [-0.25, -0.2) is 13.4 Å². The molecule has 9 nitrogen and oxygen atoms in total. The highest BCUT2D eigenvalue weighted by atomic mass is 32.2. The maximum Gasteiger partial charge on any atom is 0.251 e. The van der Waals surface area contributed by atoms with Crippen molar-refractivity contribution in [3.05, 3.63) is 46.9 Å². The normalized spacial score (nSPS) is 11.7. The molecule has 0 atom stereocenters. The van der Waals surface area contributed by atoms with Gasteiger partial charge in [-0.1, -0.05) is 25.2 Å². The van der Waals surface area contributed by atoms with Gasteiger partial charge in [0.2, 0.25) is 15.9 Å². The zero-order chi connectivity index (χ0) is 22.6. The van der Waals surface area contributed by atoms with Crippen molar-refractivity contribution >= 4 is 42.6 Å². The second kappa shape index (κ2) is 9.58. The van der Waals surface area contributed by atoms with Gasteiger partial charge in [0, 0.05) is 25.4 Å². The third-order valence-corrected chi connectivity index (χ3v) is 7.50. The monoisotopic (exact) mass is 464 g/mol. The first-order chi connectivity index (χ1) is 14.8. The van der Waals surface area contributed by atoms with Gasteiger partial charge in [0.15, 0.2) is 5.13 Å². The zero-order valence-electron chi connectivity index (χ0n) is 17.5. The molecule has 0 aliphatic rings. The quantitative estimate of drug-likeness (QED) is 0.521. The van der Waals surface area contributed by atoms with Crippen LogP contribution in [0, 0.1) is 0 Å². The van der Waals surface area contributed by atoms with Crippen LogP contribution in [0.1, 0.15) is 20.8 Å². The predicted octanol–water partition coefficient (Wildman–Crippen LogP) is 2.53. The van der Waals surface area contributed by atoms with Crippen molar-refractivity contribution < 1.29 is 17.9 Å². The van der Waals surface area contributed by atoms with E-state index in [9.17, 15) is 18.0 Å². The van der Waals surface area contributed by atoms with Crippen molar-refractivity contribution in [2.45, 2.75) is 32.2 Å². The van der Waals surface area contributed by atoms with Crippen LogP contribution in [-0.2, 0) is 21.4 Å². The third kappa shape index (κ3) is 5.12. The fourth-order valence-electron chi connectivity index (χ4n) is 3.03. The van der Waals surface area contributed by atoms with E-state index < -0.39 is 21.5 Å². The van der Waals surface area contributed by atoms with Gasteiger partial charge in [-0.05, 0) is 31.2 Å². The topological polar surface area (TPSA) is 111 Å². The van der Waals surface area contributed by atoms with Gasteiger partial charge in [-0.3, -0.25) is 9.59 Å². The molecule has 1 amide bonds. The van der Waals surface area contributed by atoms with Crippen LogP contribution in [-0.4, -0.2) is 47.9 Å². The van der Waals surface area contributed by atoms with Crippen LogP contribution in [0.2, 0.25) is 0 Å². The van der Waals surface area contributed by atoms with Gasteiger partial charge in [-0.15, -0.1) is 0 Å². The summed E-state index contributed by atoms with van der Waals surface area (Å²) in [6.07, 6.45) is 1.20. The Bertz CT molecular complexity index is 1250. The highest BCUT2D eigenvalue weighted by molar-refractivity contribution is 7.89. The summed E-state index contributed by atoms with van der Waals surface area (Å²) in [6.45, 7) is 6.20. The average molecular weight is 465 g/mol. The van der Waals surface area contributed by atoms with Gasteiger partial charge < -0.3 is 14.6 Å². The number of sulfonamides is 1. The van der Waals surface area contributed by atoms with Gasteiger partial charge in [0.25, 0.3) is 5.56 Å². The Balaban J connectivity index is 1.79. The molecule has 2 heterocycles. The number of hydrogen-bond acceptors (Lipinski definition) is 7. The number of amides is 1. The fraction of sp³-hybridized carbons (Fsp3) is 0.350. The van der Waals surface area contributed by atoms with Gasteiger partial charge >= 0.3 is 0 Å². The summed E-state index contributed by atoms with van der Waals surface area (Å²) in [4.78, 5) is 29.0. The number of pyridine rings is 1. The molecular weight excluding hydrogens is 440 g/mol. The highest BCUT2D eigenvalue weighted by Gasteiger charge is 2.22. The number of aromatic nitrogens is 2. The fourth-order valence-corrected chi connectivity index (χ4v) is 5.42. The van der Waals surface area contributed by atoms with E-state index in [1.54, 1.807) is 26.0 Å². The molecule has 0 aliphatic heterocycles. The number of benzene rings is 1. The smallest absolute Gasteiger partial charge is 0.251 e. The molecule has 3 rings (SSSR count). The van der Waals surface area contributed by atoms with Crippen molar-refractivity contribution in [2.75, 3.05) is 25.0 Å². The van der Waals surface area contributed by atoms with Crippen molar-refractivity contribution in [1.29, 1.82) is 0 Å². The molecule has 11 heteroatoms. The summed E-state index contributed by atoms with van der Waals surface area (Å²) in [5, 5.41) is 3.05. The summed E-state index contributed by atoms with van der Waals surface area (Å²) in [7, 11) is -3.74. The lowest BCUT2D eigenvalue weighted by atomic mass is 10.3. The molecule has 1 N–H and O–H groups in total. The number of anilines is 1. The van der Waals surface area contributed by atoms with E-state index in [1.807, 2.05) is 13.0 Å². The largest absolute Gasteiger partial charge is 0.494 e. The molecular formula is C20H24N4O5S2. The van der Waals surface area contributed by atoms with E-state index >= 15 is 0 Å². The van der Waals surface area contributed by atoms with Crippen LogP contribution in [0.5, 0.6) is 5.75 Å². The van der Waals surface area contributed by atoms with E-state index in [2.05, 4.69) is 10.3 Å². The molecule has 166 valence electrons. The minimum absolute atomic E-state index is 0.0351. The lowest BCUT2D eigenvalue weighted by Gasteiger charge is -2.18. The lowest BCUT2D eigenvalue weighted by Crippen LogP contribution is -2.33. The summed E-state index contributed by atoms with van der Waals surface area (Å²) in [5.41, 5.74) is 0.243. The highest BCUT2D eigenvalue weighted by Crippen LogP contribution is 2.29. The second-order valence-corrected chi connectivity index (χ2v) is 9.52. The first-order valence-corrected chi connectivity index (χ1v) is 12.1. The van der Waals surface area contributed by atoms with Gasteiger partial charge in [-0.2, -0.15) is 4.31 Å². The summed E-state index contributed by atoms with van der Waals surface area (Å²) in [6, 6.07) is 7.86. The molecule has 0 unspecified atom stereocenters. The van der Waals surface area contributed by atoms with Crippen LogP contribution < -0.4 is 15.6 Å². The number of ether oxygens (including phenoxy) is 1. The van der Waals surface area contributed by atoms with Crippen molar-refractivity contribution in [1.82, 2.24) is 13.9 Å². The van der Waals surface area contributed by atoms with Crippen LogP contribution in [0.3, 0.4) is 0 Å². The van der Waals surface area contributed by atoms with Crippen LogP contribution in [0.15, 0.2) is 46.2 Å². The van der Waals surface area contributed by atoms with Crippen LogP contribution in [0.4, 0.5) is 5.13 Å². The number of fused-ring (bicyclic) bond motifs is 1. The predicted molar refractivity (Wildman–Crippen MR) is 120 cm³/mol.